The summed E-state index contributed by atoms with van der Waals surface area (Å²) in [5.74, 6) is -0.0750. The zero-order valence-corrected chi connectivity index (χ0v) is 19.9. The Morgan fingerprint density at radius 1 is 0.889 bits per heavy atom. The second-order valence-electron chi connectivity index (χ2n) is 8.22. The number of hydrogen-bond donors (Lipinski definition) is 1. The van der Waals surface area contributed by atoms with Gasteiger partial charge in [0.15, 0.2) is 0 Å². The summed E-state index contributed by atoms with van der Waals surface area (Å²) in [7, 11) is 3.11. The van der Waals surface area contributed by atoms with Crippen molar-refractivity contribution in [2.75, 3.05) is 31.0 Å². The number of anilines is 2. The van der Waals surface area contributed by atoms with E-state index in [-0.39, 0.29) is 13.0 Å². The van der Waals surface area contributed by atoms with E-state index in [9.17, 15) is 18.8 Å². The van der Waals surface area contributed by atoms with Crippen LogP contribution in [0.5, 0.6) is 11.5 Å². The van der Waals surface area contributed by atoms with Crippen LogP contribution in [0.2, 0.25) is 0 Å². The zero-order chi connectivity index (χ0) is 25.7. The van der Waals surface area contributed by atoms with E-state index in [4.69, 9.17) is 9.47 Å². The second-order valence-corrected chi connectivity index (χ2v) is 8.22. The fourth-order valence-electron chi connectivity index (χ4n) is 4.02. The van der Waals surface area contributed by atoms with Crippen molar-refractivity contribution in [1.82, 2.24) is 4.90 Å². The third-order valence-corrected chi connectivity index (χ3v) is 5.96. The Hall–Kier alpha value is -4.40. The van der Waals surface area contributed by atoms with Crippen LogP contribution in [0.1, 0.15) is 12.0 Å². The van der Waals surface area contributed by atoms with Crippen LogP contribution < -0.4 is 19.7 Å². The Labute approximate surface area is 208 Å². The van der Waals surface area contributed by atoms with Crippen molar-refractivity contribution in [2.45, 2.75) is 18.9 Å². The number of methoxy groups -OCH3 is 2. The molecule has 1 heterocycles. The minimum absolute atomic E-state index is 0.234. The predicted molar refractivity (Wildman–Crippen MR) is 133 cm³/mol. The van der Waals surface area contributed by atoms with Gasteiger partial charge in [0.05, 0.1) is 26.3 Å². The molecule has 0 unspecified atom stereocenters. The van der Waals surface area contributed by atoms with Gasteiger partial charge in [0, 0.05) is 12.2 Å². The highest BCUT2D eigenvalue weighted by Gasteiger charge is 2.46. The number of benzene rings is 3. The SMILES string of the molecule is COc1ccc(CCN2C(=O)N(c3ccc(OC)cc3)C(=O)[C@H]2CC(=O)Nc2ccc(F)cc2)cc1. The van der Waals surface area contributed by atoms with Gasteiger partial charge in [0.25, 0.3) is 5.91 Å². The maximum atomic E-state index is 13.4. The first-order valence-electron chi connectivity index (χ1n) is 11.4. The van der Waals surface area contributed by atoms with Gasteiger partial charge in [-0.2, -0.15) is 0 Å². The fraction of sp³-hybridized carbons (Fsp3) is 0.222. The predicted octanol–water partition coefficient (Wildman–Crippen LogP) is 4.25. The van der Waals surface area contributed by atoms with Crippen LogP contribution in [-0.2, 0) is 16.0 Å². The number of halogens is 1. The number of hydrogen-bond acceptors (Lipinski definition) is 5. The average Bonchev–Trinajstić information content (AvgIpc) is 3.12. The van der Waals surface area contributed by atoms with E-state index in [0.717, 1.165) is 10.5 Å². The van der Waals surface area contributed by atoms with Crippen molar-refractivity contribution in [3.8, 4) is 11.5 Å². The molecule has 0 spiro atoms. The smallest absolute Gasteiger partial charge is 0.332 e. The van der Waals surface area contributed by atoms with Crippen LogP contribution >= 0.6 is 0 Å². The summed E-state index contributed by atoms with van der Waals surface area (Å²) in [5, 5.41) is 2.66. The highest BCUT2D eigenvalue weighted by molar-refractivity contribution is 6.22. The minimum atomic E-state index is -0.988. The maximum absolute atomic E-state index is 13.4. The van der Waals surface area contributed by atoms with E-state index in [1.807, 2.05) is 24.3 Å². The van der Waals surface area contributed by atoms with Crippen molar-refractivity contribution >= 4 is 29.2 Å². The highest BCUT2D eigenvalue weighted by atomic mass is 19.1. The molecule has 0 bridgehead atoms. The van der Waals surface area contributed by atoms with Crippen LogP contribution in [0.4, 0.5) is 20.6 Å². The lowest BCUT2D eigenvalue weighted by atomic mass is 10.1. The molecule has 0 aliphatic carbocycles. The molecule has 1 atom stereocenters. The lowest BCUT2D eigenvalue weighted by Gasteiger charge is -2.21. The number of carbonyl (C=O) groups is 3. The molecule has 0 aromatic heterocycles. The van der Waals surface area contributed by atoms with E-state index >= 15 is 0 Å². The number of imide groups is 1. The quantitative estimate of drug-likeness (QED) is 0.452. The number of amides is 4. The average molecular weight is 492 g/mol. The molecule has 0 radical (unpaired) electrons. The van der Waals surface area contributed by atoms with E-state index in [0.29, 0.717) is 29.3 Å². The summed E-state index contributed by atoms with van der Waals surface area (Å²) >= 11 is 0. The first kappa shape index (κ1) is 24.7. The Morgan fingerprint density at radius 3 is 2.06 bits per heavy atom. The molecule has 4 amide bonds. The maximum Gasteiger partial charge on any atom is 0.332 e. The molecule has 1 N–H and O–H groups in total. The summed E-state index contributed by atoms with van der Waals surface area (Å²) in [6.45, 7) is 0.234. The fourth-order valence-corrected chi connectivity index (χ4v) is 4.02. The van der Waals surface area contributed by atoms with Gasteiger partial charge in [-0.25, -0.2) is 14.1 Å². The molecule has 0 saturated carbocycles. The van der Waals surface area contributed by atoms with Gasteiger partial charge in [-0.3, -0.25) is 9.59 Å². The first-order valence-corrected chi connectivity index (χ1v) is 11.4. The summed E-state index contributed by atoms with van der Waals surface area (Å²) in [5.41, 5.74) is 1.74. The molecule has 1 aliphatic rings. The number of ether oxygens (including phenoxy) is 2. The largest absolute Gasteiger partial charge is 0.497 e. The summed E-state index contributed by atoms with van der Waals surface area (Å²) in [6, 6.07) is 17.8. The Morgan fingerprint density at radius 2 is 1.47 bits per heavy atom. The van der Waals surface area contributed by atoms with Gasteiger partial charge >= 0.3 is 6.03 Å². The van der Waals surface area contributed by atoms with Crippen LogP contribution in [0, 0.1) is 5.82 Å². The third kappa shape index (κ3) is 5.46. The molecular weight excluding hydrogens is 465 g/mol. The van der Waals surface area contributed by atoms with Gasteiger partial charge in [0.2, 0.25) is 5.91 Å². The molecule has 186 valence electrons. The van der Waals surface area contributed by atoms with E-state index < -0.39 is 29.7 Å². The molecule has 9 heteroatoms. The topological polar surface area (TPSA) is 88.2 Å². The molecule has 1 saturated heterocycles. The van der Waals surface area contributed by atoms with Gasteiger partial charge < -0.3 is 19.7 Å². The number of nitrogens with one attached hydrogen (secondary N) is 1. The number of nitrogens with zero attached hydrogens (tertiary/aromatic N) is 2. The van der Waals surface area contributed by atoms with E-state index in [1.165, 1.54) is 36.3 Å². The van der Waals surface area contributed by atoms with Gasteiger partial charge in [-0.05, 0) is 72.6 Å². The zero-order valence-electron chi connectivity index (χ0n) is 19.9. The van der Waals surface area contributed by atoms with E-state index in [2.05, 4.69) is 5.32 Å². The number of carbonyl (C=O) groups excluding carboxylic acids is 3. The number of urea groups is 1. The minimum Gasteiger partial charge on any atom is -0.497 e. The molecule has 3 aromatic rings. The first-order chi connectivity index (χ1) is 17.4. The van der Waals surface area contributed by atoms with E-state index in [1.54, 1.807) is 31.4 Å². The van der Waals surface area contributed by atoms with Crippen LogP contribution in [0.3, 0.4) is 0 Å². The summed E-state index contributed by atoms with van der Waals surface area (Å²) < 4.78 is 23.5. The van der Waals surface area contributed by atoms with Gasteiger partial charge in [0.1, 0.15) is 23.4 Å². The van der Waals surface area contributed by atoms with Crippen molar-refractivity contribution < 1.29 is 28.2 Å². The molecular formula is C27H26FN3O5. The van der Waals surface area contributed by atoms with Gasteiger partial charge in [-0.15, -0.1) is 0 Å². The van der Waals surface area contributed by atoms with Crippen LogP contribution in [0.15, 0.2) is 72.8 Å². The molecule has 8 nitrogen and oxygen atoms in total. The van der Waals surface area contributed by atoms with Crippen molar-refractivity contribution in [1.29, 1.82) is 0 Å². The van der Waals surface area contributed by atoms with Crippen molar-refractivity contribution in [3.63, 3.8) is 0 Å². The lowest BCUT2D eigenvalue weighted by molar-refractivity contribution is -0.124. The normalized spacial score (nSPS) is 15.2. The Balaban J connectivity index is 1.54. The Kier molecular flexibility index (Phi) is 7.48. The highest BCUT2D eigenvalue weighted by Crippen LogP contribution is 2.29. The third-order valence-electron chi connectivity index (χ3n) is 5.96. The molecule has 1 aliphatic heterocycles. The molecule has 4 rings (SSSR count). The van der Waals surface area contributed by atoms with Crippen molar-refractivity contribution in [3.05, 3.63) is 84.2 Å². The molecule has 3 aromatic carbocycles. The van der Waals surface area contributed by atoms with Crippen LogP contribution in [0.25, 0.3) is 0 Å². The molecule has 36 heavy (non-hydrogen) atoms. The van der Waals surface area contributed by atoms with Crippen molar-refractivity contribution in [2.24, 2.45) is 0 Å². The number of rotatable bonds is 9. The summed E-state index contributed by atoms with van der Waals surface area (Å²) in [4.78, 5) is 42.1. The second kappa shape index (κ2) is 10.9. The standard InChI is InChI=1S/C27H26FN3O5/c1-35-22-11-3-18(4-12-22)15-16-30-24(17-25(32)29-20-7-5-19(28)6-8-20)26(33)31(27(30)34)21-9-13-23(36-2)14-10-21/h3-14,24H,15-17H2,1-2H3,(H,29,32)/t24-/m1/s1. The summed E-state index contributed by atoms with van der Waals surface area (Å²) in [6.07, 6.45) is 0.243. The Bertz CT molecular complexity index is 1230. The monoisotopic (exact) mass is 491 g/mol. The van der Waals surface area contributed by atoms with Crippen LogP contribution in [-0.4, -0.2) is 49.6 Å². The lowest BCUT2D eigenvalue weighted by Crippen LogP contribution is -2.39. The van der Waals surface area contributed by atoms with Gasteiger partial charge in [-0.1, -0.05) is 12.1 Å². The molecule has 1 fully saturated rings.